The van der Waals surface area contributed by atoms with Gasteiger partial charge in [-0.2, -0.15) is 0 Å². The number of nitrogens with zero attached hydrogens (tertiary/aromatic N) is 2. The first-order valence-corrected chi connectivity index (χ1v) is 8.24. The molecule has 0 bridgehead atoms. The summed E-state index contributed by atoms with van der Waals surface area (Å²) in [5.74, 6) is 1.58. The normalized spacial score (nSPS) is 10.6. The monoisotopic (exact) mass is 348 g/mol. The third kappa shape index (κ3) is 9.61. The Morgan fingerprint density at radius 3 is 1.16 bits per heavy atom. The van der Waals surface area contributed by atoms with Gasteiger partial charge < -0.3 is 23.7 Å². The molecular weight excluding hydrogens is 324 g/mol. The summed E-state index contributed by atoms with van der Waals surface area (Å²) >= 11 is 0. The SMILES string of the molecule is c1cc(OCCOCCOCCOCCOc2ccncc2)ccn1. The van der Waals surface area contributed by atoms with Crippen LogP contribution in [0.2, 0.25) is 0 Å². The van der Waals surface area contributed by atoms with Crippen LogP contribution in [-0.2, 0) is 14.2 Å². The lowest BCUT2D eigenvalue weighted by atomic mass is 10.4. The van der Waals surface area contributed by atoms with Crippen LogP contribution < -0.4 is 9.47 Å². The summed E-state index contributed by atoms with van der Waals surface area (Å²) in [6, 6.07) is 7.24. The van der Waals surface area contributed by atoms with Gasteiger partial charge in [0.1, 0.15) is 24.7 Å². The maximum absolute atomic E-state index is 5.48. The Hall–Kier alpha value is -2.22. The molecule has 0 aliphatic rings. The lowest BCUT2D eigenvalue weighted by Gasteiger charge is -2.08. The second-order valence-corrected chi connectivity index (χ2v) is 4.90. The van der Waals surface area contributed by atoms with E-state index in [1.165, 1.54) is 0 Å². The minimum Gasteiger partial charge on any atom is -0.491 e. The fourth-order valence-electron chi connectivity index (χ4n) is 1.85. The number of rotatable bonds is 14. The molecule has 2 aromatic rings. The molecule has 7 nitrogen and oxygen atoms in total. The Morgan fingerprint density at radius 2 is 0.800 bits per heavy atom. The maximum Gasteiger partial charge on any atom is 0.122 e. The van der Waals surface area contributed by atoms with E-state index < -0.39 is 0 Å². The van der Waals surface area contributed by atoms with Gasteiger partial charge in [-0.25, -0.2) is 0 Å². The van der Waals surface area contributed by atoms with Crippen LogP contribution in [0.15, 0.2) is 49.1 Å². The fraction of sp³-hybridized carbons (Fsp3) is 0.444. The van der Waals surface area contributed by atoms with Crippen molar-refractivity contribution < 1.29 is 23.7 Å². The number of hydrogen-bond acceptors (Lipinski definition) is 7. The summed E-state index contributed by atoms with van der Waals surface area (Å²) in [5.41, 5.74) is 0. The molecule has 2 aromatic heterocycles. The highest BCUT2D eigenvalue weighted by molar-refractivity contribution is 5.17. The number of pyridine rings is 2. The highest BCUT2D eigenvalue weighted by atomic mass is 16.6. The van der Waals surface area contributed by atoms with Crippen LogP contribution in [0.25, 0.3) is 0 Å². The topological polar surface area (TPSA) is 71.9 Å². The first-order chi connectivity index (χ1) is 12.4. The van der Waals surface area contributed by atoms with Crippen molar-refractivity contribution in [3.05, 3.63) is 49.1 Å². The van der Waals surface area contributed by atoms with Crippen molar-refractivity contribution in [1.29, 1.82) is 0 Å². The first kappa shape index (κ1) is 19.1. The van der Waals surface area contributed by atoms with Crippen LogP contribution in [-0.4, -0.2) is 62.8 Å². The molecule has 0 spiro atoms. The van der Waals surface area contributed by atoms with E-state index in [0.29, 0.717) is 52.9 Å². The van der Waals surface area contributed by atoms with Crippen LogP contribution in [0.5, 0.6) is 11.5 Å². The van der Waals surface area contributed by atoms with E-state index in [1.807, 2.05) is 24.3 Å². The van der Waals surface area contributed by atoms with E-state index in [4.69, 9.17) is 23.7 Å². The zero-order chi connectivity index (χ0) is 17.4. The third-order valence-electron chi connectivity index (χ3n) is 3.04. The van der Waals surface area contributed by atoms with Crippen LogP contribution in [0.1, 0.15) is 0 Å². The smallest absolute Gasteiger partial charge is 0.122 e. The summed E-state index contributed by atoms with van der Waals surface area (Å²) in [7, 11) is 0. The summed E-state index contributed by atoms with van der Waals surface area (Å²) in [4.78, 5) is 7.84. The molecule has 0 N–H and O–H groups in total. The maximum atomic E-state index is 5.48. The predicted molar refractivity (Wildman–Crippen MR) is 91.9 cm³/mol. The Balaban J connectivity index is 1.30. The predicted octanol–water partition coefficient (Wildman–Crippen LogP) is 1.98. The van der Waals surface area contributed by atoms with E-state index in [2.05, 4.69) is 9.97 Å². The van der Waals surface area contributed by atoms with Gasteiger partial charge in [-0.1, -0.05) is 0 Å². The highest BCUT2D eigenvalue weighted by Crippen LogP contribution is 2.06. The van der Waals surface area contributed by atoms with E-state index in [-0.39, 0.29) is 0 Å². The summed E-state index contributed by atoms with van der Waals surface area (Å²) in [6.45, 7) is 4.19. The Kier molecular flexibility index (Phi) is 10.0. The standard InChI is InChI=1S/C18H24N2O5/c1-5-19-6-2-17(1)24-15-13-22-11-9-21-10-12-23-14-16-25-18-3-7-20-8-4-18/h1-8H,9-16H2. The molecule has 7 heteroatoms. The lowest BCUT2D eigenvalue weighted by molar-refractivity contribution is 0.00498. The van der Waals surface area contributed by atoms with Crippen molar-refractivity contribution in [1.82, 2.24) is 9.97 Å². The van der Waals surface area contributed by atoms with E-state index in [0.717, 1.165) is 11.5 Å². The molecule has 0 unspecified atom stereocenters. The van der Waals surface area contributed by atoms with Crippen LogP contribution in [0, 0.1) is 0 Å². The number of hydrogen-bond donors (Lipinski definition) is 0. The molecule has 0 saturated heterocycles. The van der Waals surface area contributed by atoms with Crippen molar-refractivity contribution in [3.63, 3.8) is 0 Å². The second kappa shape index (κ2) is 13.1. The number of ether oxygens (including phenoxy) is 5. The molecule has 0 radical (unpaired) electrons. The Bertz CT molecular complexity index is 492. The largest absolute Gasteiger partial charge is 0.491 e. The minimum atomic E-state index is 0.505. The molecule has 0 aliphatic heterocycles. The molecule has 0 amide bonds. The third-order valence-corrected chi connectivity index (χ3v) is 3.04. The van der Waals surface area contributed by atoms with Gasteiger partial charge in [-0.05, 0) is 24.3 Å². The molecule has 0 saturated carbocycles. The van der Waals surface area contributed by atoms with Crippen LogP contribution >= 0.6 is 0 Å². The van der Waals surface area contributed by atoms with Gasteiger partial charge in [0.25, 0.3) is 0 Å². The Morgan fingerprint density at radius 1 is 0.480 bits per heavy atom. The van der Waals surface area contributed by atoms with Gasteiger partial charge >= 0.3 is 0 Å². The van der Waals surface area contributed by atoms with Gasteiger partial charge in [0, 0.05) is 24.8 Å². The quantitative estimate of drug-likeness (QED) is 0.483. The molecule has 2 heterocycles. The first-order valence-electron chi connectivity index (χ1n) is 8.24. The van der Waals surface area contributed by atoms with E-state index in [9.17, 15) is 0 Å². The van der Waals surface area contributed by atoms with Crippen LogP contribution in [0.3, 0.4) is 0 Å². The molecule has 0 atom stereocenters. The zero-order valence-electron chi connectivity index (χ0n) is 14.2. The van der Waals surface area contributed by atoms with Crippen molar-refractivity contribution in [2.24, 2.45) is 0 Å². The Labute approximate surface area is 147 Å². The van der Waals surface area contributed by atoms with Crippen LogP contribution in [0.4, 0.5) is 0 Å². The average Bonchev–Trinajstić information content (AvgIpc) is 2.67. The van der Waals surface area contributed by atoms with Crippen molar-refractivity contribution in [2.45, 2.75) is 0 Å². The van der Waals surface area contributed by atoms with Crippen molar-refractivity contribution in [2.75, 3.05) is 52.9 Å². The molecule has 0 fully saturated rings. The van der Waals surface area contributed by atoms with Gasteiger partial charge in [0.05, 0.1) is 39.6 Å². The lowest BCUT2D eigenvalue weighted by Crippen LogP contribution is -2.14. The molecule has 0 aliphatic carbocycles. The highest BCUT2D eigenvalue weighted by Gasteiger charge is 1.95. The summed E-state index contributed by atoms with van der Waals surface area (Å²) < 4.78 is 27.2. The van der Waals surface area contributed by atoms with Gasteiger partial charge in [0.2, 0.25) is 0 Å². The van der Waals surface area contributed by atoms with Crippen molar-refractivity contribution >= 4 is 0 Å². The van der Waals surface area contributed by atoms with Gasteiger partial charge in [-0.15, -0.1) is 0 Å². The minimum absolute atomic E-state index is 0.505. The molecule has 25 heavy (non-hydrogen) atoms. The van der Waals surface area contributed by atoms with Crippen molar-refractivity contribution in [3.8, 4) is 11.5 Å². The second-order valence-electron chi connectivity index (χ2n) is 4.90. The molecule has 2 rings (SSSR count). The molecular formula is C18H24N2O5. The summed E-state index contributed by atoms with van der Waals surface area (Å²) in [6.07, 6.45) is 6.77. The van der Waals surface area contributed by atoms with E-state index >= 15 is 0 Å². The van der Waals surface area contributed by atoms with Gasteiger partial charge in [-0.3, -0.25) is 9.97 Å². The van der Waals surface area contributed by atoms with E-state index in [1.54, 1.807) is 24.8 Å². The molecule has 0 aromatic carbocycles. The fourth-order valence-corrected chi connectivity index (χ4v) is 1.85. The summed E-state index contributed by atoms with van der Waals surface area (Å²) in [5, 5.41) is 0. The average molecular weight is 348 g/mol. The number of aromatic nitrogens is 2. The zero-order valence-corrected chi connectivity index (χ0v) is 14.2. The van der Waals surface area contributed by atoms with Gasteiger partial charge in [0.15, 0.2) is 0 Å². The molecule has 136 valence electrons.